The van der Waals surface area contributed by atoms with Crippen LogP contribution in [-0.4, -0.2) is 33.9 Å². The third-order valence-corrected chi connectivity index (χ3v) is 4.06. The van der Waals surface area contributed by atoms with Gasteiger partial charge in [-0.2, -0.15) is 5.10 Å². The molecule has 0 fully saturated rings. The number of hydrogen-bond donors (Lipinski definition) is 3. The van der Waals surface area contributed by atoms with Crippen LogP contribution in [0.15, 0.2) is 60.7 Å². The van der Waals surface area contributed by atoms with E-state index in [1.807, 2.05) is 54.2 Å². The van der Waals surface area contributed by atoms with Crippen LogP contribution < -0.4 is 10.6 Å². The molecular formula is C20H22N4O2. The molecule has 0 bridgehead atoms. The number of nitrogens with one attached hydrogen (secondary N) is 2. The highest BCUT2D eigenvalue weighted by Crippen LogP contribution is 2.19. The summed E-state index contributed by atoms with van der Waals surface area (Å²) in [5, 5.41) is 19.3. The summed E-state index contributed by atoms with van der Waals surface area (Å²) in [6, 6.07) is 19.4. The van der Waals surface area contributed by atoms with Crippen LogP contribution in [-0.2, 0) is 13.6 Å². The smallest absolute Gasteiger partial charge is 0.251 e. The number of nitrogens with zero attached hydrogens (tertiary/aromatic N) is 2. The largest absolute Gasteiger partial charge is 0.395 e. The van der Waals surface area contributed by atoms with Crippen LogP contribution in [0.25, 0.3) is 11.3 Å². The van der Waals surface area contributed by atoms with Gasteiger partial charge in [0.25, 0.3) is 5.91 Å². The van der Waals surface area contributed by atoms with Gasteiger partial charge in [-0.25, -0.2) is 0 Å². The van der Waals surface area contributed by atoms with Gasteiger partial charge in [0.2, 0.25) is 0 Å². The van der Waals surface area contributed by atoms with Gasteiger partial charge in [-0.15, -0.1) is 0 Å². The lowest BCUT2D eigenvalue weighted by Crippen LogP contribution is -2.26. The van der Waals surface area contributed by atoms with E-state index < -0.39 is 0 Å². The van der Waals surface area contributed by atoms with E-state index in [0.717, 1.165) is 22.6 Å². The third-order valence-electron chi connectivity index (χ3n) is 4.06. The minimum absolute atomic E-state index is 0.0684. The van der Waals surface area contributed by atoms with Gasteiger partial charge in [-0.1, -0.05) is 30.3 Å². The van der Waals surface area contributed by atoms with Crippen molar-refractivity contribution in [1.29, 1.82) is 0 Å². The summed E-state index contributed by atoms with van der Waals surface area (Å²) in [6.45, 7) is 0.816. The van der Waals surface area contributed by atoms with Crippen molar-refractivity contribution in [2.75, 3.05) is 18.5 Å². The van der Waals surface area contributed by atoms with Crippen molar-refractivity contribution >= 4 is 11.6 Å². The molecule has 0 saturated carbocycles. The van der Waals surface area contributed by atoms with E-state index in [9.17, 15) is 4.79 Å². The van der Waals surface area contributed by atoms with Crippen molar-refractivity contribution in [3.8, 4) is 11.3 Å². The molecule has 3 N–H and O–H groups in total. The average Bonchev–Trinajstić information content (AvgIpc) is 3.06. The quantitative estimate of drug-likeness (QED) is 0.611. The Kier molecular flexibility index (Phi) is 5.66. The molecule has 0 aliphatic heterocycles. The van der Waals surface area contributed by atoms with Gasteiger partial charge in [0.05, 0.1) is 24.5 Å². The molecule has 0 aliphatic rings. The molecule has 1 aromatic heterocycles. The first-order valence-corrected chi connectivity index (χ1v) is 8.48. The second-order valence-electron chi connectivity index (χ2n) is 5.92. The summed E-state index contributed by atoms with van der Waals surface area (Å²) in [4.78, 5) is 11.8. The van der Waals surface area contributed by atoms with Crippen LogP contribution in [0.4, 0.5) is 5.69 Å². The fraction of sp³-hybridized carbons (Fsp3) is 0.200. The molecule has 3 rings (SSSR count). The Morgan fingerprint density at radius 1 is 1.12 bits per heavy atom. The van der Waals surface area contributed by atoms with Crippen molar-refractivity contribution in [3.63, 3.8) is 0 Å². The number of aryl methyl sites for hydroxylation is 1. The van der Waals surface area contributed by atoms with Gasteiger partial charge in [0.15, 0.2) is 0 Å². The maximum Gasteiger partial charge on any atom is 0.251 e. The summed E-state index contributed by atoms with van der Waals surface area (Å²) in [5.74, 6) is -0.190. The molecule has 0 radical (unpaired) electrons. The molecule has 26 heavy (non-hydrogen) atoms. The number of rotatable bonds is 7. The Labute approximate surface area is 152 Å². The van der Waals surface area contributed by atoms with Gasteiger partial charge < -0.3 is 15.7 Å². The Balaban J connectivity index is 1.62. The number of amides is 1. The van der Waals surface area contributed by atoms with Crippen LogP contribution in [0, 0.1) is 0 Å². The number of anilines is 1. The van der Waals surface area contributed by atoms with E-state index in [2.05, 4.69) is 21.8 Å². The highest BCUT2D eigenvalue weighted by molar-refractivity contribution is 5.94. The molecule has 2 aromatic carbocycles. The highest BCUT2D eigenvalue weighted by atomic mass is 16.3. The van der Waals surface area contributed by atoms with Gasteiger partial charge in [-0.05, 0) is 30.3 Å². The van der Waals surface area contributed by atoms with Crippen molar-refractivity contribution in [2.24, 2.45) is 7.05 Å². The van der Waals surface area contributed by atoms with E-state index in [-0.39, 0.29) is 19.1 Å². The van der Waals surface area contributed by atoms with Gasteiger partial charge in [-0.3, -0.25) is 9.48 Å². The van der Waals surface area contributed by atoms with E-state index in [4.69, 9.17) is 5.11 Å². The first-order valence-electron chi connectivity index (χ1n) is 8.48. The molecule has 1 amide bonds. The fourth-order valence-corrected chi connectivity index (χ4v) is 2.62. The van der Waals surface area contributed by atoms with E-state index in [1.165, 1.54) is 0 Å². The van der Waals surface area contributed by atoms with Crippen LogP contribution >= 0.6 is 0 Å². The maximum atomic E-state index is 11.8. The predicted octanol–water partition coefficient (Wildman–Crippen LogP) is 2.42. The number of hydrogen-bond acceptors (Lipinski definition) is 4. The molecule has 0 aliphatic carbocycles. The third kappa shape index (κ3) is 4.29. The maximum absolute atomic E-state index is 11.8. The summed E-state index contributed by atoms with van der Waals surface area (Å²) < 4.78 is 1.87. The fourth-order valence-electron chi connectivity index (χ4n) is 2.62. The van der Waals surface area contributed by atoms with Crippen LogP contribution in [0.3, 0.4) is 0 Å². The number of carbonyl (C=O) groups is 1. The molecule has 0 saturated heterocycles. The van der Waals surface area contributed by atoms with Crippen molar-refractivity contribution in [2.45, 2.75) is 6.54 Å². The van der Waals surface area contributed by atoms with Crippen molar-refractivity contribution in [1.82, 2.24) is 15.1 Å². The average molecular weight is 350 g/mol. The zero-order chi connectivity index (χ0) is 18.4. The van der Waals surface area contributed by atoms with Gasteiger partial charge >= 0.3 is 0 Å². The molecule has 1 heterocycles. The lowest BCUT2D eigenvalue weighted by atomic mass is 10.1. The molecular weight excluding hydrogens is 328 g/mol. The Hall–Kier alpha value is -3.12. The normalized spacial score (nSPS) is 10.5. The topological polar surface area (TPSA) is 79.2 Å². The summed E-state index contributed by atoms with van der Waals surface area (Å²) >= 11 is 0. The molecule has 0 spiro atoms. The van der Waals surface area contributed by atoms with Crippen molar-refractivity contribution < 1.29 is 9.90 Å². The zero-order valence-corrected chi connectivity index (χ0v) is 14.6. The minimum atomic E-state index is -0.190. The SMILES string of the molecule is Cn1nc(-c2ccccc2)cc1CNc1ccc(C(=O)NCCO)cc1. The second kappa shape index (κ2) is 8.31. The van der Waals surface area contributed by atoms with Crippen LogP contribution in [0.1, 0.15) is 16.1 Å². The Morgan fingerprint density at radius 2 is 1.85 bits per heavy atom. The van der Waals surface area contributed by atoms with E-state index in [1.54, 1.807) is 12.1 Å². The number of aliphatic hydroxyl groups excluding tert-OH is 1. The molecule has 6 nitrogen and oxygen atoms in total. The van der Waals surface area contributed by atoms with E-state index >= 15 is 0 Å². The Bertz CT molecular complexity index is 857. The number of carbonyl (C=O) groups excluding carboxylic acids is 1. The first kappa shape index (κ1) is 17.7. The Morgan fingerprint density at radius 3 is 2.54 bits per heavy atom. The zero-order valence-electron chi connectivity index (χ0n) is 14.6. The van der Waals surface area contributed by atoms with Crippen LogP contribution in [0.5, 0.6) is 0 Å². The summed E-state index contributed by atoms with van der Waals surface area (Å²) in [6.07, 6.45) is 0. The second-order valence-corrected chi connectivity index (χ2v) is 5.92. The summed E-state index contributed by atoms with van der Waals surface area (Å²) in [5.41, 5.74) is 4.59. The molecule has 0 unspecified atom stereocenters. The molecule has 0 atom stereocenters. The number of benzene rings is 2. The molecule has 134 valence electrons. The predicted molar refractivity (Wildman–Crippen MR) is 102 cm³/mol. The minimum Gasteiger partial charge on any atom is -0.395 e. The lowest BCUT2D eigenvalue weighted by molar-refractivity contribution is 0.0945. The lowest BCUT2D eigenvalue weighted by Gasteiger charge is -2.08. The van der Waals surface area contributed by atoms with Crippen molar-refractivity contribution in [3.05, 3.63) is 71.9 Å². The standard InChI is InChI=1S/C20H22N4O2/c1-24-18(13-19(23-24)15-5-3-2-4-6-15)14-22-17-9-7-16(8-10-17)20(26)21-11-12-25/h2-10,13,22,25H,11-12,14H2,1H3,(H,21,26). The molecule has 6 heteroatoms. The highest BCUT2D eigenvalue weighted by Gasteiger charge is 2.08. The first-order chi connectivity index (χ1) is 12.7. The summed E-state index contributed by atoms with van der Waals surface area (Å²) in [7, 11) is 1.93. The van der Waals surface area contributed by atoms with Gasteiger partial charge in [0, 0.05) is 30.4 Å². The molecule has 3 aromatic rings. The monoisotopic (exact) mass is 350 g/mol. The van der Waals surface area contributed by atoms with Crippen LogP contribution in [0.2, 0.25) is 0 Å². The number of aliphatic hydroxyl groups is 1. The van der Waals surface area contributed by atoms with Gasteiger partial charge in [0.1, 0.15) is 0 Å². The number of aromatic nitrogens is 2. The van der Waals surface area contributed by atoms with E-state index in [0.29, 0.717) is 12.1 Å².